The van der Waals surface area contributed by atoms with E-state index in [4.69, 9.17) is 4.42 Å². The second-order valence-corrected chi connectivity index (χ2v) is 5.63. The number of halogens is 10. The van der Waals surface area contributed by atoms with Gasteiger partial charge in [-0.25, -0.2) is 5.43 Å². The van der Waals surface area contributed by atoms with Crippen molar-refractivity contribution in [3.63, 3.8) is 0 Å². The van der Waals surface area contributed by atoms with Gasteiger partial charge in [-0.15, -0.1) is 0 Å². The van der Waals surface area contributed by atoms with Gasteiger partial charge in [-0.2, -0.15) is 49.0 Å². The first kappa shape index (κ1) is 23.2. The lowest BCUT2D eigenvalue weighted by molar-refractivity contribution is -0.344. The standard InChI is InChI=1S/C16H8F10N2O2/c17-13(18,15(22,23)16(24,25)26)12(29)28-27-7-10-4-5-11(30-10)8-2-1-3-9(6-8)14(19,20)21/h1-7H,(H,28,29). The Morgan fingerprint density at radius 3 is 2.13 bits per heavy atom. The number of hydrazone groups is 1. The van der Waals surface area contributed by atoms with Crippen molar-refractivity contribution in [3.8, 4) is 11.3 Å². The Hall–Kier alpha value is -3.06. The van der Waals surface area contributed by atoms with Crippen molar-refractivity contribution in [1.82, 2.24) is 5.43 Å². The van der Waals surface area contributed by atoms with Gasteiger partial charge in [0.05, 0.1) is 11.8 Å². The van der Waals surface area contributed by atoms with Crippen LogP contribution in [-0.2, 0) is 11.0 Å². The highest BCUT2D eigenvalue weighted by molar-refractivity contribution is 5.86. The Morgan fingerprint density at radius 1 is 0.933 bits per heavy atom. The van der Waals surface area contributed by atoms with Crippen LogP contribution in [0.2, 0.25) is 0 Å². The van der Waals surface area contributed by atoms with Crippen LogP contribution in [-0.4, -0.2) is 30.1 Å². The topological polar surface area (TPSA) is 54.6 Å². The molecule has 1 heterocycles. The molecule has 30 heavy (non-hydrogen) atoms. The summed E-state index contributed by atoms with van der Waals surface area (Å²) in [4.78, 5) is 11.0. The van der Waals surface area contributed by atoms with Crippen molar-refractivity contribution in [3.05, 3.63) is 47.7 Å². The second kappa shape index (κ2) is 7.65. The van der Waals surface area contributed by atoms with Gasteiger partial charge in [0.15, 0.2) is 0 Å². The van der Waals surface area contributed by atoms with Crippen molar-refractivity contribution in [2.24, 2.45) is 5.10 Å². The molecule has 1 N–H and O–H groups in total. The highest BCUT2D eigenvalue weighted by Crippen LogP contribution is 2.46. The van der Waals surface area contributed by atoms with Crippen LogP contribution in [0.1, 0.15) is 11.3 Å². The second-order valence-electron chi connectivity index (χ2n) is 5.63. The van der Waals surface area contributed by atoms with Gasteiger partial charge >= 0.3 is 30.1 Å². The summed E-state index contributed by atoms with van der Waals surface area (Å²) in [5, 5.41) is 2.79. The first-order chi connectivity index (χ1) is 13.6. The summed E-state index contributed by atoms with van der Waals surface area (Å²) in [6, 6.07) is 6.06. The van der Waals surface area contributed by atoms with E-state index in [2.05, 4.69) is 5.10 Å². The molecule has 0 aliphatic rings. The van der Waals surface area contributed by atoms with Crippen molar-refractivity contribution >= 4 is 12.1 Å². The maximum atomic E-state index is 13.1. The number of alkyl halides is 10. The minimum absolute atomic E-state index is 0.0372. The van der Waals surface area contributed by atoms with Crippen LogP contribution >= 0.6 is 0 Å². The third-order valence-electron chi connectivity index (χ3n) is 3.49. The molecule has 1 aromatic carbocycles. The van der Waals surface area contributed by atoms with Crippen LogP contribution in [0, 0.1) is 0 Å². The first-order valence-corrected chi connectivity index (χ1v) is 7.50. The molecule has 0 aliphatic carbocycles. The predicted octanol–water partition coefficient (Wildman–Crippen LogP) is 5.25. The molecule has 164 valence electrons. The predicted molar refractivity (Wildman–Crippen MR) is 80.8 cm³/mol. The van der Waals surface area contributed by atoms with E-state index in [1.165, 1.54) is 6.07 Å². The Bertz CT molecular complexity index is 944. The SMILES string of the molecule is O=C(NN=Cc1ccc(-c2cccc(C(F)(F)F)c2)o1)C(F)(F)C(F)(F)C(F)(F)F. The molecule has 1 amide bonds. The van der Waals surface area contributed by atoms with Crippen LogP contribution in [0.3, 0.4) is 0 Å². The third-order valence-corrected chi connectivity index (χ3v) is 3.49. The van der Waals surface area contributed by atoms with E-state index in [1.807, 2.05) is 0 Å². The average molecular weight is 450 g/mol. The third kappa shape index (κ3) is 4.57. The summed E-state index contributed by atoms with van der Waals surface area (Å²) in [7, 11) is 0. The summed E-state index contributed by atoms with van der Waals surface area (Å²) < 4.78 is 131. The monoisotopic (exact) mass is 450 g/mol. The highest BCUT2D eigenvalue weighted by Gasteiger charge is 2.76. The lowest BCUT2D eigenvalue weighted by Crippen LogP contribution is -2.58. The molecule has 0 spiro atoms. The normalized spacial score (nSPS) is 13.7. The summed E-state index contributed by atoms with van der Waals surface area (Å²) in [5.41, 5.74) is -0.212. The van der Waals surface area contributed by atoms with Gasteiger partial charge in [0, 0.05) is 5.56 Å². The van der Waals surface area contributed by atoms with Crippen LogP contribution < -0.4 is 5.43 Å². The molecule has 0 saturated carbocycles. The van der Waals surface area contributed by atoms with Crippen LogP contribution in [0.4, 0.5) is 43.9 Å². The molecule has 1 aromatic heterocycles. The van der Waals surface area contributed by atoms with Crippen LogP contribution in [0.25, 0.3) is 11.3 Å². The van der Waals surface area contributed by atoms with Crippen molar-refractivity contribution in [1.29, 1.82) is 0 Å². The number of hydrogen-bond donors (Lipinski definition) is 1. The van der Waals surface area contributed by atoms with E-state index >= 15 is 0 Å². The number of furan rings is 1. The number of rotatable bonds is 5. The Balaban J connectivity index is 2.13. The zero-order valence-corrected chi connectivity index (χ0v) is 14.1. The molecule has 4 nitrogen and oxygen atoms in total. The Morgan fingerprint density at radius 2 is 1.57 bits per heavy atom. The number of benzene rings is 1. The molecular weight excluding hydrogens is 442 g/mol. The van der Waals surface area contributed by atoms with E-state index in [1.54, 1.807) is 0 Å². The number of nitrogens with one attached hydrogen (secondary N) is 1. The molecule has 0 aliphatic heterocycles. The number of carbonyl (C=O) groups is 1. The lowest BCUT2D eigenvalue weighted by atomic mass is 10.1. The maximum Gasteiger partial charge on any atom is 0.460 e. The lowest BCUT2D eigenvalue weighted by Gasteiger charge is -2.26. The summed E-state index contributed by atoms with van der Waals surface area (Å²) in [5.74, 6) is -16.3. The van der Waals surface area contributed by atoms with Gasteiger partial charge in [0.1, 0.15) is 11.5 Å². The maximum absolute atomic E-state index is 13.1. The molecule has 2 aromatic rings. The van der Waals surface area contributed by atoms with Gasteiger partial charge in [-0.05, 0) is 24.3 Å². The van der Waals surface area contributed by atoms with Crippen LogP contribution in [0.15, 0.2) is 45.9 Å². The minimum atomic E-state index is -6.70. The molecular formula is C16H8F10N2O2. The molecule has 0 unspecified atom stereocenters. The molecule has 0 radical (unpaired) electrons. The van der Waals surface area contributed by atoms with Gasteiger partial charge in [-0.3, -0.25) is 4.79 Å². The Labute approximate surface area is 160 Å². The molecule has 14 heteroatoms. The summed E-state index contributed by atoms with van der Waals surface area (Å²) in [6.45, 7) is 0. The highest BCUT2D eigenvalue weighted by atomic mass is 19.4. The van der Waals surface area contributed by atoms with E-state index in [0.29, 0.717) is 6.21 Å². The van der Waals surface area contributed by atoms with Crippen LogP contribution in [0.5, 0.6) is 0 Å². The van der Waals surface area contributed by atoms with Crippen molar-refractivity contribution < 1.29 is 53.1 Å². The quantitative estimate of drug-likeness (QED) is 0.385. The molecule has 0 bridgehead atoms. The molecule has 0 atom stereocenters. The fraction of sp³-hybridized carbons (Fsp3) is 0.250. The van der Waals surface area contributed by atoms with E-state index < -0.39 is 35.7 Å². The molecule has 2 rings (SSSR count). The zero-order chi connectivity index (χ0) is 23.0. The molecule has 0 fully saturated rings. The van der Waals surface area contributed by atoms with Gasteiger partial charge in [0.25, 0.3) is 0 Å². The zero-order valence-electron chi connectivity index (χ0n) is 14.1. The fourth-order valence-corrected chi connectivity index (χ4v) is 1.97. The van der Waals surface area contributed by atoms with Gasteiger partial charge in [-0.1, -0.05) is 12.1 Å². The van der Waals surface area contributed by atoms with E-state index in [0.717, 1.165) is 35.8 Å². The number of carbonyl (C=O) groups excluding carboxylic acids is 1. The summed E-state index contributed by atoms with van der Waals surface area (Å²) >= 11 is 0. The first-order valence-electron chi connectivity index (χ1n) is 7.50. The summed E-state index contributed by atoms with van der Waals surface area (Å²) in [6.07, 6.45) is -10.9. The Kier molecular flexibility index (Phi) is 5.92. The largest absolute Gasteiger partial charge is 0.460 e. The average Bonchev–Trinajstić information content (AvgIpc) is 3.08. The van der Waals surface area contributed by atoms with Gasteiger partial charge in [0.2, 0.25) is 0 Å². The smallest absolute Gasteiger partial charge is 0.455 e. The minimum Gasteiger partial charge on any atom is -0.455 e. The van der Waals surface area contributed by atoms with Gasteiger partial charge < -0.3 is 4.42 Å². The number of amides is 1. The van der Waals surface area contributed by atoms with Crippen molar-refractivity contribution in [2.45, 2.75) is 24.2 Å². The van der Waals surface area contributed by atoms with E-state index in [-0.39, 0.29) is 17.1 Å². The number of nitrogens with zero attached hydrogens (tertiary/aromatic N) is 1. The molecule has 0 saturated heterocycles. The fourth-order valence-electron chi connectivity index (χ4n) is 1.97. The van der Waals surface area contributed by atoms with Crippen molar-refractivity contribution in [2.75, 3.05) is 0 Å². The van der Waals surface area contributed by atoms with E-state index in [9.17, 15) is 48.7 Å². The number of hydrogen-bond acceptors (Lipinski definition) is 3.